The SMILES string of the molecule is CCOC(=O)N1CCC(NC(=O)COC(=O)CSc2ccccc2C)CC1. The van der Waals surface area contributed by atoms with Gasteiger partial charge in [-0.3, -0.25) is 9.59 Å². The molecule has 1 aliphatic heterocycles. The number of hydrogen-bond acceptors (Lipinski definition) is 6. The second kappa shape index (κ2) is 10.8. The molecule has 148 valence electrons. The molecule has 1 aromatic carbocycles. The Kier molecular flexibility index (Phi) is 8.44. The molecule has 2 amide bonds. The Morgan fingerprint density at radius 2 is 1.89 bits per heavy atom. The van der Waals surface area contributed by atoms with Crippen LogP contribution < -0.4 is 5.32 Å². The number of rotatable bonds is 7. The van der Waals surface area contributed by atoms with Crippen LogP contribution >= 0.6 is 11.8 Å². The zero-order valence-electron chi connectivity index (χ0n) is 15.7. The third kappa shape index (κ3) is 7.13. The van der Waals surface area contributed by atoms with Gasteiger partial charge in [0.1, 0.15) is 0 Å². The van der Waals surface area contributed by atoms with Crippen LogP contribution in [0.25, 0.3) is 0 Å². The molecule has 0 radical (unpaired) electrons. The first-order valence-corrected chi connectivity index (χ1v) is 10.0. The highest BCUT2D eigenvalue weighted by Crippen LogP contribution is 2.21. The van der Waals surface area contributed by atoms with Crippen molar-refractivity contribution in [2.45, 2.75) is 37.6 Å². The third-order valence-corrected chi connectivity index (χ3v) is 5.34. The summed E-state index contributed by atoms with van der Waals surface area (Å²) in [5.41, 5.74) is 1.10. The van der Waals surface area contributed by atoms with E-state index in [0.717, 1.165) is 10.5 Å². The number of ether oxygens (including phenoxy) is 2. The summed E-state index contributed by atoms with van der Waals surface area (Å²) in [6.45, 7) is 4.89. The summed E-state index contributed by atoms with van der Waals surface area (Å²) in [6.07, 6.45) is 0.992. The van der Waals surface area contributed by atoms with E-state index in [1.165, 1.54) is 11.8 Å². The normalized spacial score (nSPS) is 14.5. The van der Waals surface area contributed by atoms with E-state index in [2.05, 4.69) is 5.32 Å². The summed E-state index contributed by atoms with van der Waals surface area (Å²) in [6, 6.07) is 7.76. The average molecular weight is 394 g/mol. The molecule has 2 rings (SSSR count). The van der Waals surface area contributed by atoms with Crippen LogP contribution in [-0.4, -0.2) is 61.0 Å². The standard InChI is InChI=1S/C19H26N2O5S/c1-3-25-19(24)21-10-8-15(9-11-21)20-17(22)12-26-18(23)13-27-16-7-5-4-6-14(16)2/h4-7,15H,3,8-13H2,1-2H3,(H,20,22). The predicted octanol–water partition coefficient (Wildman–Crippen LogP) is 2.37. The van der Waals surface area contributed by atoms with Gasteiger partial charge in [0.25, 0.3) is 5.91 Å². The molecular formula is C19H26N2O5S. The van der Waals surface area contributed by atoms with E-state index in [-0.39, 0.29) is 30.4 Å². The average Bonchev–Trinajstić information content (AvgIpc) is 2.66. The Morgan fingerprint density at radius 1 is 1.19 bits per heavy atom. The van der Waals surface area contributed by atoms with Crippen molar-refractivity contribution in [3.8, 4) is 0 Å². The summed E-state index contributed by atoms with van der Waals surface area (Å²) in [5, 5.41) is 2.85. The number of carbonyl (C=O) groups is 3. The van der Waals surface area contributed by atoms with Crippen LogP contribution in [0.2, 0.25) is 0 Å². The second-order valence-corrected chi connectivity index (χ2v) is 7.26. The fourth-order valence-electron chi connectivity index (χ4n) is 2.73. The van der Waals surface area contributed by atoms with Gasteiger partial charge < -0.3 is 19.7 Å². The molecule has 0 bridgehead atoms. The first-order chi connectivity index (χ1) is 13.0. The van der Waals surface area contributed by atoms with Crippen molar-refractivity contribution in [2.75, 3.05) is 32.1 Å². The Labute approximate surface area is 163 Å². The lowest BCUT2D eigenvalue weighted by Crippen LogP contribution is -2.47. The molecule has 0 aliphatic carbocycles. The van der Waals surface area contributed by atoms with E-state index in [0.29, 0.717) is 32.5 Å². The number of esters is 1. The largest absolute Gasteiger partial charge is 0.455 e. The summed E-state index contributed by atoms with van der Waals surface area (Å²) >= 11 is 1.39. The van der Waals surface area contributed by atoms with Crippen LogP contribution in [0.5, 0.6) is 0 Å². The van der Waals surface area contributed by atoms with Gasteiger partial charge in [-0.25, -0.2) is 4.79 Å². The maximum absolute atomic E-state index is 12.0. The lowest BCUT2D eigenvalue weighted by atomic mass is 10.1. The fraction of sp³-hybridized carbons (Fsp3) is 0.526. The van der Waals surface area contributed by atoms with Crippen molar-refractivity contribution in [1.29, 1.82) is 0 Å². The Bertz CT molecular complexity index is 659. The molecule has 1 aliphatic rings. The number of likely N-dealkylation sites (tertiary alicyclic amines) is 1. The molecule has 0 saturated carbocycles. The number of aryl methyl sites for hydroxylation is 1. The minimum Gasteiger partial charge on any atom is -0.455 e. The smallest absolute Gasteiger partial charge is 0.409 e. The van der Waals surface area contributed by atoms with E-state index in [1.807, 2.05) is 31.2 Å². The van der Waals surface area contributed by atoms with Crippen LogP contribution in [0.15, 0.2) is 29.2 Å². The molecular weight excluding hydrogens is 368 g/mol. The van der Waals surface area contributed by atoms with Crippen molar-refractivity contribution in [3.63, 3.8) is 0 Å². The Hall–Kier alpha value is -2.22. The molecule has 8 heteroatoms. The summed E-state index contributed by atoms with van der Waals surface area (Å²) < 4.78 is 10.0. The fourth-order valence-corrected chi connectivity index (χ4v) is 3.56. The number of carbonyl (C=O) groups excluding carboxylic acids is 3. The number of nitrogens with zero attached hydrogens (tertiary/aromatic N) is 1. The second-order valence-electron chi connectivity index (χ2n) is 6.24. The topological polar surface area (TPSA) is 84.9 Å². The van der Waals surface area contributed by atoms with Crippen molar-refractivity contribution in [2.24, 2.45) is 0 Å². The molecule has 1 N–H and O–H groups in total. The number of hydrogen-bond donors (Lipinski definition) is 1. The molecule has 7 nitrogen and oxygen atoms in total. The molecule has 27 heavy (non-hydrogen) atoms. The van der Waals surface area contributed by atoms with E-state index >= 15 is 0 Å². The third-order valence-electron chi connectivity index (χ3n) is 4.19. The monoisotopic (exact) mass is 394 g/mol. The van der Waals surface area contributed by atoms with Crippen molar-refractivity contribution in [1.82, 2.24) is 10.2 Å². The molecule has 0 aromatic heterocycles. The summed E-state index contributed by atoms with van der Waals surface area (Å²) in [5.74, 6) is -0.579. The number of piperidine rings is 1. The molecule has 1 heterocycles. The molecule has 0 spiro atoms. The minimum atomic E-state index is -0.421. The van der Waals surface area contributed by atoms with Crippen LogP contribution in [-0.2, 0) is 19.1 Å². The van der Waals surface area contributed by atoms with Crippen molar-refractivity contribution >= 4 is 29.7 Å². The first kappa shape index (κ1) is 21.1. The first-order valence-electron chi connectivity index (χ1n) is 9.04. The number of thioether (sulfide) groups is 1. The van der Waals surface area contributed by atoms with Gasteiger partial charge >= 0.3 is 12.1 Å². The number of amides is 2. The van der Waals surface area contributed by atoms with Crippen molar-refractivity contribution in [3.05, 3.63) is 29.8 Å². The lowest BCUT2D eigenvalue weighted by molar-refractivity contribution is -0.146. The van der Waals surface area contributed by atoms with Gasteiger partial charge in [-0.15, -0.1) is 11.8 Å². The molecule has 0 atom stereocenters. The van der Waals surface area contributed by atoms with Crippen LogP contribution in [0, 0.1) is 6.92 Å². The zero-order valence-corrected chi connectivity index (χ0v) is 16.5. The summed E-state index contributed by atoms with van der Waals surface area (Å²) in [7, 11) is 0. The lowest BCUT2D eigenvalue weighted by Gasteiger charge is -2.31. The maximum Gasteiger partial charge on any atom is 0.409 e. The predicted molar refractivity (Wildman–Crippen MR) is 103 cm³/mol. The highest BCUT2D eigenvalue weighted by atomic mass is 32.2. The van der Waals surface area contributed by atoms with E-state index < -0.39 is 5.97 Å². The summed E-state index contributed by atoms with van der Waals surface area (Å²) in [4.78, 5) is 38.1. The maximum atomic E-state index is 12.0. The van der Waals surface area contributed by atoms with Crippen molar-refractivity contribution < 1.29 is 23.9 Å². The van der Waals surface area contributed by atoms with Gasteiger partial charge in [0.05, 0.1) is 12.4 Å². The quantitative estimate of drug-likeness (QED) is 0.565. The van der Waals surface area contributed by atoms with Gasteiger partial charge in [-0.2, -0.15) is 0 Å². The van der Waals surface area contributed by atoms with E-state index in [4.69, 9.17) is 9.47 Å². The highest BCUT2D eigenvalue weighted by molar-refractivity contribution is 8.00. The molecule has 1 aromatic rings. The van der Waals surface area contributed by atoms with Crippen LogP contribution in [0.3, 0.4) is 0 Å². The Balaban J connectivity index is 1.63. The highest BCUT2D eigenvalue weighted by Gasteiger charge is 2.24. The number of benzene rings is 1. The van der Waals surface area contributed by atoms with Gasteiger partial charge in [-0.1, -0.05) is 18.2 Å². The van der Waals surface area contributed by atoms with Crippen LogP contribution in [0.1, 0.15) is 25.3 Å². The molecule has 1 saturated heterocycles. The van der Waals surface area contributed by atoms with Gasteiger partial charge in [0.15, 0.2) is 6.61 Å². The van der Waals surface area contributed by atoms with Gasteiger partial charge in [-0.05, 0) is 38.3 Å². The zero-order chi connectivity index (χ0) is 19.6. The van der Waals surface area contributed by atoms with Crippen LogP contribution in [0.4, 0.5) is 4.79 Å². The molecule has 1 fully saturated rings. The van der Waals surface area contributed by atoms with E-state index in [1.54, 1.807) is 11.8 Å². The molecule has 0 unspecified atom stereocenters. The van der Waals surface area contributed by atoms with Gasteiger partial charge in [0, 0.05) is 24.0 Å². The minimum absolute atomic E-state index is 0.0248. The van der Waals surface area contributed by atoms with Gasteiger partial charge in [0.2, 0.25) is 0 Å². The Morgan fingerprint density at radius 3 is 2.56 bits per heavy atom. The van der Waals surface area contributed by atoms with E-state index in [9.17, 15) is 14.4 Å². The number of nitrogens with one attached hydrogen (secondary N) is 1.